The quantitative estimate of drug-likeness (QED) is 0.759. The topological polar surface area (TPSA) is 46.5 Å². The minimum atomic E-state index is 0.359. The van der Waals surface area contributed by atoms with E-state index in [1.54, 1.807) is 0 Å². The molecule has 0 aliphatic heterocycles. The molecule has 0 aliphatic rings. The first kappa shape index (κ1) is 10.4. The molecule has 1 unspecified atom stereocenters. The van der Waals surface area contributed by atoms with Crippen molar-refractivity contribution in [1.82, 2.24) is 20.2 Å². The Morgan fingerprint density at radius 2 is 2.08 bits per heavy atom. The van der Waals surface area contributed by atoms with E-state index in [4.69, 9.17) is 12.2 Å². The predicted octanol–water partition coefficient (Wildman–Crippen LogP) is 2.33. The Hall–Kier alpha value is -0.710. The number of nitrogens with zero attached hydrogens (tertiary/aromatic N) is 3. The Labute approximate surface area is 83.3 Å². The molecule has 1 aromatic rings. The lowest BCUT2D eigenvalue weighted by Gasteiger charge is -2.20. The molecule has 1 heterocycles. The second-order valence-corrected chi connectivity index (χ2v) is 3.63. The Morgan fingerprint density at radius 1 is 1.46 bits per heavy atom. The van der Waals surface area contributed by atoms with Crippen LogP contribution in [0.15, 0.2) is 0 Å². The molecule has 13 heavy (non-hydrogen) atoms. The van der Waals surface area contributed by atoms with Crippen molar-refractivity contribution < 1.29 is 0 Å². The average molecular weight is 200 g/mol. The van der Waals surface area contributed by atoms with Gasteiger partial charge in [-0.1, -0.05) is 37.0 Å². The molecule has 0 bridgehead atoms. The van der Waals surface area contributed by atoms with Gasteiger partial charge in [0.25, 0.3) is 0 Å². The SMILES string of the molecule is CCC(CC)C(C)n1[nH]nnc1=S. The standard InChI is InChI=1S/C8H16N4S/c1-4-7(5-2)6(3)12-8(13)9-10-11-12/h6-7H,4-5H2,1-3H3,(H,9,11,13). The van der Waals surface area contributed by atoms with Gasteiger partial charge in [-0.25, -0.2) is 4.68 Å². The van der Waals surface area contributed by atoms with Gasteiger partial charge in [-0.3, -0.25) is 0 Å². The third kappa shape index (κ3) is 2.15. The molecule has 4 nitrogen and oxygen atoms in total. The number of aromatic nitrogens is 4. The van der Waals surface area contributed by atoms with Crippen molar-refractivity contribution in [3.05, 3.63) is 4.77 Å². The summed E-state index contributed by atoms with van der Waals surface area (Å²) in [5.74, 6) is 0.633. The fourth-order valence-corrected chi connectivity index (χ4v) is 1.90. The zero-order chi connectivity index (χ0) is 9.84. The Kier molecular flexibility index (Phi) is 3.59. The third-order valence-corrected chi connectivity index (χ3v) is 2.91. The minimum Gasteiger partial charge on any atom is -0.239 e. The number of rotatable bonds is 4. The highest BCUT2D eigenvalue weighted by atomic mass is 32.1. The molecule has 0 amide bonds. The van der Waals surface area contributed by atoms with Crippen LogP contribution in [0.3, 0.4) is 0 Å². The molecule has 0 saturated heterocycles. The molecular weight excluding hydrogens is 184 g/mol. The molecule has 1 aromatic heterocycles. The number of aromatic amines is 1. The van der Waals surface area contributed by atoms with Crippen LogP contribution >= 0.6 is 12.2 Å². The van der Waals surface area contributed by atoms with Crippen LogP contribution < -0.4 is 0 Å². The summed E-state index contributed by atoms with van der Waals surface area (Å²) < 4.78 is 2.40. The van der Waals surface area contributed by atoms with Crippen molar-refractivity contribution in [3.63, 3.8) is 0 Å². The number of hydrogen-bond acceptors (Lipinski definition) is 3. The van der Waals surface area contributed by atoms with Crippen molar-refractivity contribution >= 4 is 12.2 Å². The third-order valence-electron chi connectivity index (χ3n) is 2.63. The summed E-state index contributed by atoms with van der Waals surface area (Å²) in [6, 6.07) is 0.359. The smallest absolute Gasteiger partial charge is 0.238 e. The molecule has 1 N–H and O–H groups in total. The molecular formula is C8H16N4S. The number of tetrazole rings is 1. The summed E-state index contributed by atoms with van der Waals surface area (Å²) >= 11 is 5.03. The molecule has 0 saturated carbocycles. The molecule has 0 fully saturated rings. The van der Waals surface area contributed by atoms with Crippen LogP contribution in [0.5, 0.6) is 0 Å². The van der Waals surface area contributed by atoms with Crippen molar-refractivity contribution in [3.8, 4) is 0 Å². The van der Waals surface area contributed by atoms with Gasteiger partial charge in [0.05, 0.1) is 6.04 Å². The molecule has 74 valence electrons. The van der Waals surface area contributed by atoms with Gasteiger partial charge in [0.15, 0.2) is 0 Å². The lowest BCUT2D eigenvalue weighted by molar-refractivity contribution is 0.304. The zero-order valence-electron chi connectivity index (χ0n) is 8.32. The van der Waals surface area contributed by atoms with Crippen LogP contribution in [0.1, 0.15) is 39.7 Å². The van der Waals surface area contributed by atoms with E-state index in [1.807, 2.05) is 4.68 Å². The minimum absolute atomic E-state index is 0.359. The monoisotopic (exact) mass is 200 g/mol. The lowest BCUT2D eigenvalue weighted by atomic mass is 9.96. The van der Waals surface area contributed by atoms with E-state index in [9.17, 15) is 0 Å². The van der Waals surface area contributed by atoms with Gasteiger partial charge in [-0.15, -0.1) is 0 Å². The van der Waals surface area contributed by atoms with Gasteiger partial charge in [0.1, 0.15) is 0 Å². The summed E-state index contributed by atoms with van der Waals surface area (Å²) in [6.45, 7) is 6.53. The van der Waals surface area contributed by atoms with Gasteiger partial charge >= 0.3 is 0 Å². The Balaban J connectivity index is 2.83. The largest absolute Gasteiger partial charge is 0.239 e. The second kappa shape index (κ2) is 4.50. The van der Waals surface area contributed by atoms with Gasteiger partial charge in [0, 0.05) is 0 Å². The fraction of sp³-hybridized carbons (Fsp3) is 0.875. The number of nitrogens with one attached hydrogen (secondary N) is 1. The van der Waals surface area contributed by atoms with Gasteiger partial charge in [0.2, 0.25) is 4.77 Å². The lowest BCUT2D eigenvalue weighted by Crippen LogP contribution is -2.17. The van der Waals surface area contributed by atoms with Crippen LogP contribution in [0.25, 0.3) is 0 Å². The van der Waals surface area contributed by atoms with E-state index >= 15 is 0 Å². The van der Waals surface area contributed by atoms with Gasteiger partial charge in [-0.2, -0.15) is 5.21 Å². The Morgan fingerprint density at radius 3 is 2.46 bits per heavy atom. The maximum absolute atomic E-state index is 5.03. The highest BCUT2D eigenvalue weighted by Gasteiger charge is 2.16. The highest BCUT2D eigenvalue weighted by Crippen LogP contribution is 2.22. The normalized spacial score (nSPS) is 13.5. The van der Waals surface area contributed by atoms with E-state index in [0.29, 0.717) is 16.7 Å². The van der Waals surface area contributed by atoms with E-state index in [1.165, 1.54) is 0 Å². The fourth-order valence-electron chi connectivity index (χ4n) is 1.65. The predicted molar refractivity (Wildman–Crippen MR) is 54.0 cm³/mol. The van der Waals surface area contributed by atoms with Gasteiger partial charge < -0.3 is 0 Å². The summed E-state index contributed by atoms with van der Waals surface area (Å²) in [7, 11) is 0. The Bertz CT molecular complexity index is 299. The average Bonchev–Trinajstić information content (AvgIpc) is 2.53. The first-order chi connectivity index (χ1) is 6.20. The van der Waals surface area contributed by atoms with Crippen LogP contribution in [-0.4, -0.2) is 20.2 Å². The molecule has 5 heteroatoms. The first-order valence-corrected chi connectivity index (χ1v) is 5.11. The summed E-state index contributed by atoms with van der Waals surface area (Å²) in [4.78, 5) is 0. The summed E-state index contributed by atoms with van der Waals surface area (Å²) in [5, 5.41) is 10.2. The van der Waals surface area contributed by atoms with Crippen molar-refractivity contribution in [1.29, 1.82) is 0 Å². The van der Waals surface area contributed by atoms with Crippen LogP contribution in [0.4, 0.5) is 0 Å². The van der Waals surface area contributed by atoms with Crippen molar-refractivity contribution in [2.24, 2.45) is 5.92 Å². The first-order valence-electron chi connectivity index (χ1n) is 4.70. The van der Waals surface area contributed by atoms with Crippen molar-refractivity contribution in [2.75, 3.05) is 0 Å². The number of hydrogen-bond donors (Lipinski definition) is 1. The second-order valence-electron chi connectivity index (χ2n) is 3.27. The molecule has 0 aliphatic carbocycles. The van der Waals surface area contributed by atoms with E-state index in [-0.39, 0.29) is 0 Å². The van der Waals surface area contributed by atoms with Gasteiger partial charge in [-0.05, 0) is 25.1 Å². The van der Waals surface area contributed by atoms with Crippen LogP contribution in [-0.2, 0) is 0 Å². The molecule has 1 rings (SSSR count). The molecule has 0 spiro atoms. The maximum atomic E-state index is 5.03. The number of H-pyrrole nitrogens is 1. The van der Waals surface area contributed by atoms with E-state index in [0.717, 1.165) is 12.8 Å². The summed E-state index contributed by atoms with van der Waals surface area (Å²) in [5.41, 5.74) is 0. The molecule has 1 atom stereocenters. The maximum Gasteiger partial charge on any atom is 0.238 e. The van der Waals surface area contributed by atoms with E-state index in [2.05, 4.69) is 36.3 Å². The zero-order valence-corrected chi connectivity index (χ0v) is 9.14. The molecule has 0 aromatic carbocycles. The highest BCUT2D eigenvalue weighted by molar-refractivity contribution is 7.71. The van der Waals surface area contributed by atoms with Crippen LogP contribution in [0, 0.1) is 10.7 Å². The van der Waals surface area contributed by atoms with E-state index < -0.39 is 0 Å². The van der Waals surface area contributed by atoms with Crippen LogP contribution in [0.2, 0.25) is 0 Å². The summed E-state index contributed by atoms with van der Waals surface area (Å²) in [6.07, 6.45) is 2.30. The molecule has 0 radical (unpaired) electrons. The van der Waals surface area contributed by atoms with Crippen molar-refractivity contribution in [2.45, 2.75) is 39.7 Å².